The van der Waals surface area contributed by atoms with Gasteiger partial charge in [-0.2, -0.15) is 5.10 Å². The smallest absolute Gasteiger partial charge is 0.223 e. The molecule has 154 valence electrons. The molecule has 0 saturated carbocycles. The molecule has 0 fully saturated rings. The Morgan fingerprint density at radius 2 is 1.72 bits per heavy atom. The van der Waals surface area contributed by atoms with E-state index in [1.165, 1.54) is 5.56 Å². The van der Waals surface area contributed by atoms with Crippen LogP contribution in [0.25, 0.3) is 0 Å². The number of aromatic amines is 1. The van der Waals surface area contributed by atoms with Crippen LogP contribution in [-0.4, -0.2) is 21.8 Å². The molecule has 0 atom stereocenters. The Labute approximate surface area is 172 Å². The van der Waals surface area contributed by atoms with Crippen LogP contribution in [0.1, 0.15) is 50.9 Å². The molecule has 3 aromatic rings. The van der Waals surface area contributed by atoms with Crippen molar-refractivity contribution in [1.29, 1.82) is 0 Å². The number of pyridine rings is 1. The molecule has 3 rings (SSSR count). The van der Waals surface area contributed by atoms with Crippen LogP contribution in [0.4, 0.5) is 0 Å². The molecule has 0 spiro atoms. The molecule has 1 aromatic carbocycles. The van der Waals surface area contributed by atoms with E-state index in [4.69, 9.17) is 9.47 Å². The molecule has 0 aliphatic rings. The summed E-state index contributed by atoms with van der Waals surface area (Å²) in [5.41, 5.74) is 3.35. The van der Waals surface area contributed by atoms with Crippen molar-refractivity contribution >= 4 is 0 Å². The lowest BCUT2D eigenvalue weighted by molar-refractivity contribution is 0.317. The monoisotopic (exact) mass is 394 g/mol. The van der Waals surface area contributed by atoms with Gasteiger partial charge in [0.1, 0.15) is 11.5 Å². The van der Waals surface area contributed by atoms with E-state index in [0.29, 0.717) is 19.0 Å². The molecule has 0 unspecified atom stereocenters. The van der Waals surface area contributed by atoms with E-state index in [2.05, 4.69) is 48.2 Å². The van der Waals surface area contributed by atoms with Gasteiger partial charge in [-0.25, -0.2) is 4.98 Å². The zero-order valence-electron chi connectivity index (χ0n) is 17.7. The lowest BCUT2D eigenvalue weighted by Gasteiger charge is -2.18. The van der Waals surface area contributed by atoms with Crippen LogP contribution in [0.3, 0.4) is 0 Å². The van der Waals surface area contributed by atoms with Crippen LogP contribution in [-0.2, 0) is 18.5 Å². The predicted molar refractivity (Wildman–Crippen MR) is 114 cm³/mol. The number of rotatable bonds is 9. The lowest BCUT2D eigenvalue weighted by atomic mass is 9.89. The van der Waals surface area contributed by atoms with Gasteiger partial charge in [0.2, 0.25) is 5.88 Å². The van der Waals surface area contributed by atoms with Crippen LogP contribution in [0.15, 0.2) is 48.8 Å². The minimum Gasteiger partial charge on any atom is -0.494 e. The fraction of sp³-hybridized carbons (Fsp3) is 0.391. The first-order valence-corrected chi connectivity index (χ1v) is 10.1. The van der Waals surface area contributed by atoms with Crippen LogP contribution < -0.4 is 14.8 Å². The summed E-state index contributed by atoms with van der Waals surface area (Å²) < 4.78 is 11.6. The van der Waals surface area contributed by atoms with E-state index >= 15 is 0 Å². The Morgan fingerprint density at radius 1 is 1.00 bits per heavy atom. The van der Waals surface area contributed by atoms with Gasteiger partial charge in [-0.15, -0.1) is 0 Å². The summed E-state index contributed by atoms with van der Waals surface area (Å²) in [5.74, 6) is 2.18. The average Bonchev–Trinajstić information content (AvgIpc) is 3.18. The second-order valence-corrected chi connectivity index (χ2v) is 8.01. The third-order valence-corrected chi connectivity index (χ3v) is 4.46. The maximum atomic E-state index is 6.01. The van der Waals surface area contributed by atoms with Crippen molar-refractivity contribution in [3.8, 4) is 17.4 Å². The zero-order chi connectivity index (χ0) is 20.7. The normalized spacial score (nSPS) is 11.4. The number of benzene rings is 1. The molecule has 0 amide bonds. The van der Waals surface area contributed by atoms with Gasteiger partial charge in [0.15, 0.2) is 0 Å². The fourth-order valence-corrected chi connectivity index (χ4v) is 3.01. The maximum absolute atomic E-state index is 6.01. The van der Waals surface area contributed by atoms with Crippen molar-refractivity contribution in [2.24, 2.45) is 0 Å². The highest BCUT2D eigenvalue weighted by Crippen LogP contribution is 2.26. The van der Waals surface area contributed by atoms with Gasteiger partial charge in [-0.05, 0) is 36.8 Å². The minimum absolute atomic E-state index is 0.0308. The second-order valence-electron chi connectivity index (χ2n) is 8.01. The molecule has 2 heterocycles. The molecule has 0 aliphatic heterocycles. The van der Waals surface area contributed by atoms with Gasteiger partial charge >= 0.3 is 0 Å². The summed E-state index contributed by atoms with van der Waals surface area (Å²) in [6, 6.07) is 11.6. The molecule has 6 nitrogen and oxygen atoms in total. The Morgan fingerprint density at radius 3 is 2.45 bits per heavy atom. The van der Waals surface area contributed by atoms with E-state index in [-0.39, 0.29) is 5.41 Å². The number of hydrogen-bond acceptors (Lipinski definition) is 5. The van der Waals surface area contributed by atoms with E-state index in [9.17, 15) is 0 Å². The molecule has 2 N–H and O–H groups in total. The van der Waals surface area contributed by atoms with Crippen LogP contribution in [0.5, 0.6) is 17.4 Å². The first-order chi connectivity index (χ1) is 14.0. The fourth-order valence-electron chi connectivity index (χ4n) is 3.01. The van der Waals surface area contributed by atoms with Gasteiger partial charge < -0.3 is 14.8 Å². The average molecular weight is 395 g/mol. The van der Waals surface area contributed by atoms with E-state index in [1.54, 1.807) is 6.20 Å². The number of aromatic nitrogens is 3. The topological polar surface area (TPSA) is 72.1 Å². The quantitative estimate of drug-likeness (QED) is 0.536. The van der Waals surface area contributed by atoms with E-state index < -0.39 is 0 Å². The molecule has 0 aliphatic carbocycles. The van der Waals surface area contributed by atoms with Gasteiger partial charge in [-0.1, -0.05) is 33.8 Å². The molecule has 6 heteroatoms. The minimum atomic E-state index is 0.0308. The van der Waals surface area contributed by atoms with Crippen molar-refractivity contribution in [3.63, 3.8) is 0 Å². The lowest BCUT2D eigenvalue weighted by Crippen LogP contribution is -2.19. The summed E-state index contributed by atoms with van der Waals surface area (Å²) >= 11 is 0. The Kier molecular flexibility index (Phi) is 6.88. The zero-order valence-corrected chi connectivity index (χ0v) is 17.7. The summed E-state index contributed by atoms with van der Waals surface area (Å²) in [5, 5.41) is 10.8. The number of H-pyrrole nitrogens is 1. The summed E-state index contributed by atoms with van der Waals surface area (Å²) in [7, 11) is 0. The highest BCUT2D eigenvalue weighted by Gasteiger charge is 2.19. The maximum Gasteiger partial charge on any atom is 0.223 e. The molecular weight excluding hydrogens is 364 g/mol. The highest BCUT2D eigenvalue weighted by molar-refractivity contribution is 5.36. The Bertz CT molecular complexity index is 898. The number of ether oxygens (including phenoxy) is 2. The first-order valence-electron chi connectivity index (χ1n) is 10.1. The molecule has 2 aromatic heterocycles. The van der Waals surface area contributed by atoms with Crippen LogP contribution in [0, 0.1) is 0 Å². The van der Waals surface area contributed by atoms with Crippen molar-refractivity contribution in [1.82, 2.24) is 20.5 Å². The van der Waals surface area contributed by atoms with Crippen LogP contribution in [0.2, 0.25) is 0 Å². The van der Waals surface area contributed by atoms with Crippen LogP contribution >= 0.6 is 0 Å². The third-order valence-electron chi connectivity index (χ3n) is 4.46. The van der Waals surface area contributed by atoms with E-state index in [1.807, 2.05) is 42.6 Å². The first kappa shape index (κ1) is 20.9. The number of nitrogens with one attached hydrogen (secondary N) is 2. The van der Waals surface area contributed by atoms with Crippen molar-refractivity contribution in [3.05, 3.63) is 65.6 Å². The molecule has 0 bridgehead atoms. The molecule has 0 radical (unpaired) electrons. The second kappa shape index (κ2) is 9.56. The van der Waals surface area contributed by atoms with Crippen molar-refractivity contribution < 1.29 is 9.47 Å². The summed E-state index contributed by atoms with van der Waals surface area (Å²) in [4.78, 5) is 4.41. The standard InChI is InChI=1S/C23H30N4O2/c1-5-13-28-19-8-10-20(11-9-19)29-22-17(7-6-12-25-22)14-24-15-18-16-26-27-21(18)23(2,3)4/h6-12,16,24H,5,13-15H2,1-4H3,(H,26,27). The summed E-state index contributed by atoms with van der Waals surface area (Å²) in [6.07, 6.45) is 4.61. The number of nitrogens with zero attached hydrogens (tertiary/aromatic N) is 2. The van der Waals surface area contributed by atoms with Gasteiger partial charge in [0.05, 0.1) is 12.8 Å². The number of hydrogen-bond donors (Lipinski definition) is 2. The largest absolute Gasteiger partial charge is 0.494 e. The Hall–Kier alpha value is -2.86. The Balaban J connectivity index is 1.61. The third kappa shape index (κ3) is 5.81. The summed E-state index contributed by atoms with van der Waals surface area (Å²) in [6.45, 7) is 10.7. The highest BCUT2D eigenvalue weighted by atomic mass is 16.5. The van der Waals surface area contributed by atoms with E-state index in [0.717, 1.165) is 35.7 Å². The van der Waals surface area contributed by atoms with Gasteiger partial charge in [-0.3, -0.25) is 5.10 Å². The molecule has 0 saturated heterocycles. The van der Waals surface area contributed by atoms with Gasteiger partial charge in [0.25, 0.3) is 0 Å². The molecular formula is C23H30N4O2. The van der Waals surface area contributed by atoms with Crippen molar-refractivity contribution in [2.45, 2.75) is 52.6 Å². The predicted octanol–water partition coefficient (Wildman–Crippen LogP) is 4.97. The van der Waals surface area contributed by atoms with Crippen molar-refractivity contribution in [2.75, 3.05) is 6.61 Å². The SMILES string of the molecule is CCCOc1ccc(Oc2ncccc2CNCc2cn[nH]c2C(C)(C)C)cc1. The van der Waals surface area contributed by atoms with Gasteiger partial charge in [0, 0.05) is 41.5 Å². The molecule has 29 heavy (non-hydrogen) atoms.